The van der Waals surface area contributed by atoms with Crippen LogP contribution in [0, 0.1) is 0 Å². The van der Waals surface area contributed by atoms with Crippen LogP contribution in [0.5, 0.6) is 0 Å². The number of nitrogens with zero attached hydrogens (tertiary/aromatic N) is 4. The number of aliphatic carboxylic acids is 1. The van der Waals surface area contributed by atoms with Crippen molar-refractivity contribution in [2.45, 2.75) is 13.3 Å². The molecule has 0 atom stereocenters. The smallest absolute Gasteiger partial charge is 0.323 e. The minimum atomic E-state index is -0.859. The third kappa shape index (κ3) is 2.35. The summed E-state index contributed by atoms with van der Waals surface area (Å²) < 4.78 is 1.69. The van der Waals surface area contributed by atoms with Crippen molar-refractivity contribution in [3.8, 4) is 0 Å². The van der Waals surface area contributed by atoms with E-state index in [0.29, 0.717) is 12.4 Å². The molecule has 0 saturated heterocycles. The molecule has 0 fully saturated rings. The molecule has 17 heavy (non-hydrogen) atoms. The van der Waals surface area contributed by atoms with Gasteiger partial charge < -0.3 is 10.0 Å². The summed E-state index contributed by atoms with van der Waals surface area (Å²) in [7, 11) is 0. The van der Waals surface area contributed by atoms with Crippen molar-refractivity contribution in [2.75, 3.05) is 18.0 Å². The summed E-state index contributed by atoms with van der Waals surface area (Å²) in [5.41, 5.74) is 0.821. The predicted octanol–water partition coefficient (Wildman–Crippen LogP) is 1.03. The van der Waals surface area contributed by atoms with Gasteiger partial charge in [0.25, 0.3) is 0 Å². The summed E-state index contributed by atoms with van der Waals surface area (Å²) in [6, 6.07) is 1.83. The lowest BCUT2D eigenvalue weighted by atomic mass is 10.3. The van der Waals surface area contributed by atoms with E-state index in [4.69, 9.17) is 5.11 Å². The fraction of sp³-hybridized carbons (Fsp3) is 0.364. The zero-order valence-electron chi connectivity index (χ0n) is 9.58. The molecule has 0 bridgehead atoms. The van der Waals surface area contributed by atoms with Gasteiger partial charge in [0.1, 0.15) is 12.1 Å². The number of fused-ring (bicyclic) bond motifs is 1. The first kappa shape index (κ1) is 11.4. The lowest BCUT2D eigenvalue weighted by Gasteiger charge is -2.21. The Morgan fingerprint density at radius 1 is 1.53 bits per heavy atom. The molecule has 2 aromatic rings. The number of carboxylic acids is 1. The van der Waals surface area contributed by atoms with Crippen molar-refractivity contribution in [1.82, 2.24) is 14.6 Å². The fourth-order valence-electron chi connectivity index (χ4n) is 1.78. The molecule has 2 rings (SSSR count). The Kier molecular flexibility index (Phi) is 3.22. The molecule has 2 aromatic heterocycles. The lowest BCUT2D eigenvalue weighted by Crippen LogP contribution is -2.31. The normalized spacial score (nSPS) is 10.6. The van der Waals surface area contributed by atoms with Gasteiger partial charge in [0.05, 0.1) is 6.20 Å². The van der Waals surface area contributed by atoms with Crippen molar-refractivity contribution >= 4 is 17.3 Å². The zero-order valence-corrected chi connectivity index (χ0v) is 9.58. The highest BCUT2D eigenvalue weighted by molar-refractivity contribution is 5.77. The SMILES string of the molecule is CCCN(CC(=O)O)c1nccn2nccc12. The number of aromatic nitrogens is 3. The molecule has 0 saturated carbocycles. The average molecular weight is 234 g/mol. The molecular formula is C11H14N4O2. The molecule has 1 N–H and O–H groups in total. The summed E-state index contributed by atoms with van der Waals surface area (Å²) >= 11 is 0. The van der Waals surface area contributed by atoms with Crippen molar-refractivity contribution in [3.05, 3.63) is 24.7 Å². The Balaban J connectivity index is 2.40. The minimum Gasteiger partial charge on any atom is -0.480 e. The van der Waals surface area contributed by atoms with E-state index in [1.807, 2.05) is 13.0 Å². The van der Waals surface area contributed by atoms with Gasteiger partial charge in [-0.05, 0) is 12.5 Å². The molecular weight excluding hydrogens is 220 g/mol. The third-order valence-corrected chi connectivity index (χ3v) is 2.42. The van der Waals surface area contributed by atoms with Crippen LogP contribution in [0.15, 0.2) is 24.7 Å². The molecule has 0 aliphatic rings. The van der Waals surface area contributed by atoms with Gasteiger partial charge >= 0.3 is 5.97 Å². The largest absolute Gasteiger partial charge is 0.480 e. The monoisotopic (exact) mass is 234 g/mol. The van der Waals surface area contributed by atoms with Gasteiger partial charge in [-0.15, -0.1) is 0 Å². The van der Waals surface area contributed by atoms with Gasteiger partial charge in [-0.2, -0.15) is 5.10 Å². The van der Waals surface area contributed by atoms with Gasteiger partial charge in [-0.1, -0.05) is 6.92 Å². The van der Waals surface area contributed by atoms with Gasteiger partial charge in [-0.3, -0.25) is 4.79 Å². The Labute approximate surface area is 98.5 Å². The maximum atomic E-state index is 10.8. The number of hydrogen-bond donors (Lipinski definition) is 1. The predicted molar refractivity (Wildman–Crippen MR) is 63.1 cm³/mol. The minimum absolute atomic E-state index is 0.0499. The van der Waals surface area contributed by atoms with E-state index in [2.05, 4.69) is 10.1 Å². The molecule has 0 unspecified atom stereocenters. The van der Waals surface area contributed by atoms with E-state index >= 15 is 0 Å². The van der Waals surface area contributed by atoms with Crippen molar-refractivity contribution in [2.24, 2.45) is 0 Å². The zero-order chi connectivity index (χ0) is 12.3. The first-order valence-electron chi connectivity index (χ1n) is 5.47. The van der Waals surface area contributed by atoms with Gasteiger partial charge in [0.15, 0.2) is 5.82 Å². The van der Waals surface area contributed by atoms with E-state index in [9.17, 15) is 4.79 Å². The number of carbonyl (C=O) groups is 1. The summed E-state index contributed by atoms with van der Waals surface area (Å²) in [5.74, 6) is -0.198. The molecule has 0 radical (unpaired) electrons. The van der Waals surface area contributed by atoms with Crippen LogP contribution in [0.4, 0.5) is 5.82 Å². The van der Waals surface area contributed by atoms with Gasteiger partial charge in [0, 0.05) is 18.9 Å². The number of rotatable bonds is 5. The fourth-order valence-corrected chi connectivity index (χ4v) is 1.78. The van der Waals surface area contributed by atoms with Crippen molar-refractivity contribution in [1.29, 1.82) is 0 Å². The Bertz CT molecular complexity index is 523. The molecule has 90 valence electrons. The van der Waals surface area contributed by atoms with Crippen molar-refractivity contribution < 1.29 is 9.90 Å². The van der Waals surface area contributed by atoms with E-state index in [0.717, 1.165) is 11.9 Å². The Morgan fingerprint density at radius 3 is 3.06 bits per heavy atom. The van der Waals surface area contributed by atoms with Crippen LogP contribution < -0.4 is 4.90 Å². The van der Waals surface area contributed by atoms with Gasteiger partial charge in [0.2, 0.25) is 0 Å². The van der Waals surface area contributed by atoms with E-state index < -0.39 is 5.97 Å². The summed E-state index contributed by atoms with van der Waals surface area (Å²) in [4.78, 5) is 16.8. The van der Waals surface area contributed by atoms with E-state index in [1.165, 1.54) is 0 Å². The highest BCUT2D eigenvalue weighted by Gasteiger charge is 2.14. The van der Waals surface area contributed by atoms with Crippen LogP contribution in [0.3, 0.4) is 0 Å². The summed E-state index contributed by atoms with van der Waals surface area (Å²) in [5, 5.41) is 13.0. The Hall–Kier alpha value is -2.11. The van der Waals surface area contributed by atoms with Crippen molar-refractivity contribution in [3.63, 3.8) is 0 Å². The maximum absolute atomic E-state index is 10.8. The third-order valence-electron chi connectivity index (χ3n) is 2.42. The van der Waals surface area contributed by atoms with Crippen LogP contribution in [0.25, 0.3) is 5.52 Å². The molecule has 0 aliphatic carbocycles. The highest BCUT2D eigenvalue weighted by atomic mass is 16.4. The van der Waals surface area contributed by atoms with Crippen LogP contribution in [0.1, 0.15) is 13.3 Å². The quantitative estimate of drug-likeness (QED) is 0.836. The summed E-state index contributed by atoms with van der Waals surface area (Å²) in [6.45, 7) is 2.61. The van der Waals surface area contributed by atoms with E-state index in [1.54, 1.807) is 28.0 Å². The Morgan fingerprint density at radius 2 is 2.35 bits per heavy atom. The molecule has 0 aromatic carbocycles. The van der Waals surface area contributed by atoms with E-state index in [-0.39, 0.29) is 6.54 Å². The molecule has 6 heteroatoms. The van der Waals surface area contributed by atoms with Gasteiger partial charge in [-0.25, -0.2) is 9.50 Å². The second kappa shape index (κ2) is 4.82. The molecule has 0 amide bonds. The summed E-state index contributed by atoms with van der Waals surface area (Å²) in [6.07, 6.45) is 5.90. The van der Waals surface area contributed by atoms with Crippen LogP contribution in [-0.4, -0.2) is 38.8 Å². The first-order chi connectivity index (χ1) is 8.22. The topological polar surface area (TPSA) is 70.7 Å². The van der Waals surface area contributed by atoms with Crippen LogP contribution >= 0.6 is 0 Å². The lowest BCUT2D eigenvalue weighted by molar-refractivity contribution is -0.135. The second-order valence-electron chi connectivity index (χ2n) is 3.73. The van der Waals surface area contributed by atoms with Crippen LogP contribution in [0.2, 0.25) is 0 Å². The highest BCUT2D eigenvalue weighted by Crippen LogP contribution is 2.17. The first-order valence-corrected chi connectivity index (χ1v) is 5.47. The average Bonchev–Trinajstić information content (AvgIpc) is 2.75. The number of anilines is 1. The molecule has 2 heterocycles. The molecule has 6 nitrogen and oxygen atoms in total. The number of hydrogen-bond acceptors (Lipinski definition) is 4. The molecule has 0 spiro atoms. The number of carboxylic acid groups (broad SMARTS) is 1. The second-order valence-corrected chi connectivity index (χ2v) is 3.73. The maximum Gasteiger partial charge on any atom is 0.323 e. The van der Waals surface area contributed by atoms with Crippen LogP contribution in [-0.2, 0) is 4.79 Å². The standard InChI is InChI=1S/C11H14N4O2/c1-2-6-14(8-10(16)17)11-9-3-4-13-15(9)7-5-12-11/h3-5,7H,2,6,8H2,1H3,(H,16,17). The molecule has 0 aliphatic heterocycles.